The Bertz CT molecular complexity index is 1250. The van der Waals surface area contributed by atoms with Crippen molar-refractivity contribution >= 4 is 23.3 Å². The molecule has 2 heterocycles. The van der Waals surface area contributed by atoms with Crippen LogP contribution in [-0.4, -0.2) is 20.8 Å². The van der Waals surface area contributed by atoms with Gasteiger partial charge in [-0.3, -0.25) is 9.48 Å². The molecule has 4 rings (SSSR count). The Balaban J connectivity index is 1.46. The molecule has 0 bridgehead atoms. The molecule has 1 N–H and O–H groups in total. The fourth-order valence-electron chi connectivity index (χ4n) is 3.15. The van der Waals surface area contributed by atoms with E-state index in [9.17, 15) is 9.18 Å². The predicted octanol–water partition coefficient (Wildman–Crippen LogP) is 5.16. The smallest absolute Gasteiger partial charge is 0.279 e. The summed E-state index contributed by atoms with van der Waals surface area (Å²) < 4.78 is 25.5. The van der Waals surface area contributed by atoms with Crippen LogP contribution in [0.2, 0.25) is 5.02 Å². The molecule has 0 radical (unpaired) electrons. The topological polar surface area (TPSA) is 82.2 Å². The van der Waals surface area contributed by atoms with Crippen LogP contribution < -0.4 is 10.1 Å². The third-order valence-electron chi connectivity index (χ3n) is 4.77. The molecule has 1 amide bonds. The summed E-state index contributed by atoms with van der Waals surface area (Å²) in [5, 5.41) is 11.2. The van der Waals surface area contributed by atoms with E-state index in [-0.39, 0.29) is 23.9 Å². The van der Waals surface area contributed by atoms with Gasteiger partial charge in [0, 0.05) is 6.20 Å². The van der Waals surface area contributed by atoms with Gasteiger partial charge in [0.05, 0.1) is 12.1 Å². The van der Waals surface area contributed by atoms with Crippen LogP contribution in [0.1, 0.15) is 32.9 Å². The zero-order valence-corrected chi connectivity index (χ0v) is 18.2. The second-order valence-electron chi connectivity index (χ2n) is 7.27. The van der Waals surface area contributed by atoms with Crippen molar-refractivity contribution in [2.45, 2.75) is 27.0 Å². The van der Waals surface area contributed by atoms with Crippen molar-refractivity contribution in [3.63, 3.8) is 0 Å². The van der Waals surface area contributed by atoms with Crippen LogP contribution in [0.4, 0.5) is 10.2 Å². The van der Waals surface area contributed by atoms with Gasteiger partial charge in [0.2, 0.25) is 0 Å². The van der Waals surface area contributed by atoms with Gasteiger partial charge in [-0.25, -0.2) is 4.39 Å². The van der Waals surface area contributed by atoms with Crippen LogP contribution in [0, 0.1) is 19.7 Å². The molecule has 4 aromatic rings. The Morgan fingerprint density at radius 2 is 2.00 bits per heavy atom. The third-order valence-corrected chi connectivity index (χ3v) is 5.05. The summed E-state index contributed by atoms with van der Waals surface area (Å²) in [4.78, 5) is 12.8. The number of halogens is 2. The first kappa shape index (κ1) is 21.6. The summed E-state index contributed by atoms with van der Waals surface area (Å²) >= 11 is 6.28. The Kier molecular flexibility index (Phi) is 6.23. The number of hydrogen-bond acceptors (Lipinski definition) is 5. The van der Waals surface area contributed by atoms with E-state index in [4.69, 9.17) is 20.9 Å². The highest BCUT2D eigenvalue weighted by molar-refractivity contribution is 6.33. The van der Waals surface area contributed by atoms with E-state index in [1.807, 2.05) is 25.1 Å². The van der Waals surface area contributed by atoms with E-state index >= 15 is 0 Å². The zero-order valence-electron chi connectivity index (χ0n) is 17.4. The average Bonchev–Trinajstić information content (AvgIpc) is 3.29. The van der Waals surface area contributed by atoms with Crippen molar-refractivity contribution in [2.75, 3.05) is 5.32 Å². The van der Waals surface area contributed by atoms with Gasteiger partial charge >= 0.3 is 0 Å². The summed E-state index contributed by atoms with van der Waals surface area (Å²) in [7, 11) is 0. The molecule has 0 saturated heterocycles. The highest BCUT2D eigenvalue weighted by Gasteiger charge is 2.22. The molecule has 2 aromatic carbocycles. The van der Waals surface area contributed by atoms with Crippen molar-refractivity contribution in [3.8, 4) is 5.75 Å². The number of nitrogens with one attached hydrogen (secondary N) is 1. The number of aryl methyl sites for hydroxylation is 2. The number of nitrogens with zero attached hydrogens (tertiary/aromatic N) is 3. The van der Waals surface area contributed by atoms with Gasteiger partial charge < -0.3 is 14.6 Å². The molecule has 0 aliphatic rings. The number of anilines is 1. The summed E-state index contributed by atoms with van der Waals surface area (Å²) in [5.41, 5.74) is 2.75. The normalized spacial score (nSPS) is 10.9. The van der Waals surface area contributed by atoms with Gasteiger partial charge in [-0.1, -0.05) is 46.6 Å². The molecule has 7 nitrogen and oxygen atoms in total. The molecule has 32 heavy (non-hydrogen) atoms. The summed E-state index contributed by atoms with van der Waals surface area (Å²) in [6, 6.07) is 13.6. The number of carbonyl (C=O) groups is 1. The first-order valence-corrected chi connectivity index (χ1v) is 10.2. The minimum Gasteiger partial charge on any atom is -0.489 e. The SMILES string of the molecule is Cc1cccc(Cn2cc(Cl)c(NC(=O)c3noc(C)c3COc3ccc(F)cc3)n2)c1. The summed E-state index contributed by atoms with van der Waals surface area (Å²) in [6.07, 6.45) is 1.64. The molecule has 0 saturated carbocycles. The lowest BCUT2D eigenvalue weighted by molar-refractivity contribution is 0.101. The lowest BCUT2D eigenvalue weighted by Crippen LogP contribution is -2.16. The zero-order chi connectivity index (χ0) is 22.7. The maximum Gasteiger partial charge on any atom is 0.279 e. The number of ether oxygens (including phenoxy) is 1. The number of hydrogen-bond donors (Lipinski definition) is 1. The third kappa shape index (κ3) is 4.97. The second-order valence-corrected chi connectivity index (χ2v) is 7.68. The van der Waals surface area contributed by atoms with Gasteiger partial charge in [0.25, 0.3) is 5.91 Å². The molecule has 0 aliphatic carbocycles. The highest BCUT2D eigenvalue weighted by atomic mass is 35.5. The van der Waals surface area contributed by atoms with Crippen LogP contribution in [-0.2, 0) is 13.2 Å². The minimum atomic E-state index is -0.526. The van der Waals surface area contributed by atoms with Gasteiger partial charge in [0.1, 0.15) is 29.0 Å². The Labute approximate surface area is 188 Å². The Morgan fingerprint density at radius 1 is 1.22 bits per heavy atom. The van der Waals surface area contributed by atoms with E-state index in [0.717, 1.165) is 11.1 Å². The van der Waals surface area contributed by atoms with E-state index in [2.05, 4.69) is 21.6 Å². The van der Waals surface area contributed by atoms with E-state index in [1.165, 1.54) is 24.3 Å². The molecule has 0 atom stereocenters. The van der Waals surface area contributed by atoms with Crippen molar-refractivity contribution < 1.29 is 18.4 Å². The van der Waals surface area contributed by atoms with Crippen molar-refractivity contribution in [1.29, 1.82) is 0 Å². The van der Waals surface area contributed by atoms with Gasteiger partial charge in [-0.05, 0) is 43.7 Å². The van der Waals surface area contributed by atoms with Crippen LogP contribution in [0.3, 0.4) is 0 Å². The summed E-state index contributed by atoms with van der Waals surface area (Å²) in [6.45, 7) is 4.23. The number of aromatic nitrogens is 3. The van der Waals surface area contributed by atoms with E-state index in [0.29, 0.717) is 28.6 Å². The molecule has 164 valence electrons. The Morgan fingerprint density at radius 3 is 2.75 bits per heavy atom. The Hall–Kier alpha value is -3.65. The molecular formula is C23H20ClFN4O3. The van der Waals surface area contributed by atoms with Gasteiger partial charge in [-0.2, -0.15) is 5.10 Å². The van der Waals surface area contributed by atoms with Crippen molar-refractivity contribution in [1.82, 2.24) is 14.9 Å². The fraction of sp³-hybridized carbons (Fsp3) is 0.174. The molecular weight excluding hydrogens is 435 g/mol. The predicted molar refractivity (Wildman–Crippen MR) is 117 cm³/mol. The quantitative estimate of drug-likeness (QED) is 0.417. The molecule has 2 aromatic heterocycles. The minimum absolute atomic E-state index is 0.0270. The van der Waals surface area contributed by atoms with Crippen LogP contribution in [0.5, 0.6) is 5.75 Å². The van der Waals surface area contributed by atoms with Crippen LogP contribution in [0.15, 0.2) is 59.3 Å². The number of amides is 1. The largest absolute Gasteiger partial charge is 0.489 e. The maximum atomic E-state index is 13.1. The first-order chi connectivity index (χ1) is 15.4. The second kappa shape index (κ2) is 9.23. The average molecular weight is 455 g/mol. The highest BCUT2D eigenvalue weighted by Crippen LogP contribution is 2.23. The lowest BCUT2D eigenvalue weighted by Gasteiger charge is -2.07. The van der Waals surface area contributed by atoms with Gasteiger partial charge in [0.15, 0.2) is 11.5 Å². The maximum absolute atomic E-state index is 13.1. The van der Waals surface area contributed by atoms with E-state index in [1.54, 1.807) is 17.8 Å². The molecule has 0 aliphatic heterocycles. The van der Waals surface area contributed by atoms with Crippen molar-refractivity contribution in [2.24, 2.45) is 0 Å². The first-order valence-electron chi connectivity index (χ1n) is 9.82. The standard InChI is InChI=1S/C23H20ClFN4O3/c1-14-4-3-5-16(10-14)11-29-12-20(24)22(27-29)26-23(30)21-19(15(2)32-28-21)13-31-18-8-6-17(25)7-9-18/h3-10,12H,11,13H2,1-2H3,(H,26,27,30). The molecule has 0 unspecified atom stereocenters. The fourth-order valence-corrected chi connectivity index (χ4v) is 3.35. The van der Waals surface area contributed by atoms with Crippen molar-refractivity contribution in [3.05, 3.63) is 93.7 Å². The van der Waals surface area contributed by atoms with Gasteiger partial charge in [-0.15, -0.1) is 0 Å². The lowest BCUT2D eigenvalue weighted by atomic mass is 10.1. The monoisotopic (exact) mass is 454 g/mol. The summed E-state index contributed by atoms with van der Waals surface area (Å²) in [5.74, 6) is 0.222. The van der Waals surface area contributed by atoms with E-state index < -0.39 is 5.91 Å². The molecule has 0 spiro atoms. The number of benzene rings is 2. The molecule has 9 heteroatoms. The number of carbonyl (C=O) groups excluding carboxylic acids is 1. The van der Waals surface area contributed by atoms with Crippen LogP contribution in [0.25, 0.3) is 0 Å². The molecule has 0 fully saturated rings. The van der Waals surface area contributed by atoms with Crippen LogP contribution >= 0.6 is 11.6 Å². The number of rotatable bonds is 7.